The number of quaternary nitrogens is 1. The molecular weight excluding hydrogens is 1810 g/mol. The van der Waals surface area contributed by atoms with E-state index in [0.717, 1.165) is 24.1 Å². The van der Waals surface area contributed by atoms with Crippen LogP contribution in [0.15, 0.2) is 66.1 Å². The Morgan fingerprint density at radius 2 is 1.20 bits per heavy atom. The molecule has 3 aliphatic heterocycles. The van der Waals surface area contributed by atoms with Gasteiger partial charge in [-0.05, 0) is 87.5 Å². The highest BCUT2D eigenvalue weighted by molar-refractivity contribution is 7.09. The maximum Gasteiger partial charge on any atom is 0.335 e. The Morgan fingerprint density at radius 3 is 1.72 bits per heavy atom. The Hall–Kier alpha value is -8.58. The molecule has 3 aliphatic rings. The number of carboxylic acid groups (broad SMARTS) is 2. The predicted octanol–water partition coefficient (Wildman–Crippen LogP) is 3.96. The fourth-order valence-corrected chi connectivity index (χ4v) is 16.6. The van der Waals surface area contributed by atoms with E-state index >= 15 is 9.59 Å². The molecule has 3 aromatic rings. The number of carbonyl (C=O) groups is 11. The number of likely N-dealkylation sites (tertiary alicyclic amines) is 1. The smallest absolute Gasteiger partial charge is 0.335 e. The number of piperidine rings is 1. The second-order valence-corrected chi connectivity index (χ2v) is 35.1. The summed E-state index contributed by atoms with van der Waals surface area (Å²) < 4.78 is 83.5. The van der Waals surface area contributed by atoms with Crippen molar-refractivity contribution in [3.8, 4) is 5.75 Å². The van der Waals surface area contributed by atoms with Gasteiger partial charge in [0.2, 0.25) is 35.8 Å². The Balaban J connectivity index is 0.0000331. The van der Waals surface area contributed by atoms with Crippen LogP contribution in [0.5, 0.6) is 5.75 Å². The van der Waals surface area contributed by atoms with Crippen LogP contribution in [0.2, 0.25) is 0 Å². The molecule has 15 atom stereocenters. The number of methoxy groups -OCH3 is 1. The van der Waals surface area contributed by atoms with Crippen LogP contribution >= 0.6 is 11.3 Å². The van der Waals surface area contributed by atoms with Gasteiger partial charge in [0.05, 0.1) is 177 Å². The molecule has 2 fully saturated rings. The number of carbonyl (C=O) groups excluding carboxylic acids is 9. The van der Waals surface area contributed by atoms with Crippen LogP contribution in [0.4, 0.5) is 5.69 Å². The van der Waals surface area contributed by atoms with E-state index in [1.165, 1.54) is 17.4 Å². The number of benzene rings is 2. The number of nitrogens with one attached hydrogen (secondary N) is 5. The molecule has 6 rings (SSSR count). The third-order valence-electron chi connectivity index (χ3n) is 23.5. The summed E-state index contributed by atoms with van der Waals surface area (Å²) in [4.78, 5) is 156. The van der Waals surface area contributed by atoms with Gasteiger partial charge in [0.25, 0.3) is 17.7 Å². The summed E-state index contributed by atoms with van der Waals surface area (Å²) in [6.07, 6.45) is -5.34. The number of aliphatic hydroxyl groups is 3. The lowest BCUT2D eigenvalue weighted by molar-refractivity contribution is -0.941. The number of hydrogen-bond donors (Lipinski definition) is 11. The fourth-order valence-electron chi connectivity index (χ4n) is 15.7. The van der Waals surface area contributed by atoms with Gasteiger partial charge in [-0.1, -0.05) is 78.8 Å². The summed E-state index contributed by atoms with van der Waals surface area (Å²) in [6.45, 7) is 21.1. The van der Waals surface area contributed by atoms with E-state index in [2.05, 4.69) is 26.6 Å². The number of thiazole rings is 1. The second-order valence-electron chi connectivity index (χ2n) is 34.2. The third-order valence-corrected chi connectivity index (χ3v) is 24.5. The number of likely N-dealkylation sites (N-methyl/N-ethyl adjacent to an activating group) is 1. The summed E-state index contributed by atoms with van der Waals surface area (Å²) >= 11 is 1.25. The highest BCUT2D eigenvalue weighted by Crippen LogP contribution is 2.37. The zero-order valence-electron chi connectivity index (χ0n) is 80.3. The fraction of sp³-hybridized carbons (Fsp3) is 0.705. The van der Waals surface area contributed by atoms with Gasteiger partial charge in [-0.25, -0.2) is 9.78 Å². The van der Waals surface area contributed by atoms with Gasteiger partial charge in [0.15, 0.2) is 11.9 Å². The van der Waals surface area contributed by atoms with Crippen LogP contribution < -0.4 is 37.1 Å². The number of anilines is 1. The van der Waals surface area contributed by atoms with E-state index in [-0.39, 0.29) is 137 Å². The normalized spacial score (nSPS) is 19.4. The molecule has 4 heterocycles. The summed E-state index contributed by atoms with van der Waals surface area (Å²) in [7, 11) is 5.30. The molecule has 1 unspecified atom stereocenters. The zero-order valence-corrected chi connectivity index (χ0v) is 81.2. The van der Waals surface area contributed by atoms with Crippen molar-refractivity contribution in [2.45, 2.75) is 206 Å². The van der Waals surface area contributed by atoms with Crippen LogP contribution in [-0.2, 0) is 127 Å². The molecule has 0 radical (unpaired) electrons. The molecule has 2 saturated heterocycles. The number of hydrogen-bond acceptors (Lipinski definition) is 32. The van der Waals surface area contributed by atoms with E-state index < -0.39 is 139 Å². The molecule has 137 heavy (non-hydrogen) atoms. The second kappa shape index (κ2) is 66.9. The summed E-state index contributed by atoms with van der Waals surface area (Å²) in [5, 5.41) is 68.2. The minimum Gasteiger partial charge on any atom is -0.481 e. The lowest BCUT2D eigenvalue weighted by atomic mass is 9.82. The lowest BCUT2D eigenvalue weighted by Gasteiger charge is -2.45. The number of rotatable bonds is 75. The standard InChI is InChI=1S/C94H148N10O31S.CH4/c1-10-64(5)69(91(116)102(7)73(63(3)4)59-78(133-11-2)90-101-72(62-136-90)88(114)98-68(55-65(6)92(117)118)56-66-19-13-12-14-20-66)58-76(105)75-22-16-18-31-104(75,8)61-67-23-24-77(134-94-85(112)83(110)84(111)86(135-94)93(119)120)71(57-67)99-80(107)27-30-97-87(113)70(100-89(115)74(60-95)103-81(108)25-26-82(103)109)21-15-17-29-96-79(106)28-32-122-35-36-124-39-40-126-43-44-128-47-48-130-51-52-132-54-53-131-50-49-129-46-45-127-42-41-125-38-37-123-34-33-121-9;/h12-14,19-20,23-26,57,62-65,68-70,73-75,78,83-86,94,110-112H,10-11,15-18,21-22,27-56,58-61,95H2,1-9H3,(H6-,96,97,98,99,100,106,107,113,114,115,117,118,119,120);1H4/p+1/t64-,65-,68+,69-,70-,73+,74-,75+,78+,83-,84-,85+,86-,94+,104?;/m0./s1. The van der Waals surface area contributed by atoms with E-state index in [1.807, 2.05) is 72.0 Å². The van der Waals surface area contributed by atoms with Crippen LogP contribution in [0.25, 0.3) is 0 Å². The first kappa shape index (κ1) is 119. The minimum absolute atomic E-state index is 0. The molecule has 774 valence electrons. The van der Waals surface area contributed by atoms with Gasteiger partial charge in [-0.2, -0.15) is 0 Å². The third kappa shape index (κ3) is 43.2. The van der Waals surface area contributed by atoms with Crippen molar-refractivity contribution < 1.29 is 154 Å². The predicted molar refractivity (Wildman–Crippen MR) is 503 cm³/mol. The molecule has 0 aliphatic carbocycles. The number of aromatic nitrogens is 1. The monoisotopic (exact) mass is 1960 g/mol. The van der Waals surface area contributed by atoms with Crippen LogP contribution in [0, 0.1) is 23.7 Å². The van der Waals surface area contributed by atoms with Crippen molar-refractivity contribution in [3.63, 3.8) is 0 Å². The number of ether oxygens (including phenoxy) is 15. The van der Waals surface area contributed by atoms with Crippen molar-refractivity contribution in [1.82, 2.24) is 36.1 Å². The first-order valence-electron chi connectivity index (χ1n) is 47.2. The highest BCUT2D eigenvalue weighted by Gasteiger charge is 2.49. The first-order chi connectivity index (χ1) is 65.4. The number of aliphatic carboxylic acids is 2. The average Bonchev–Trinajstić information content (AvgIpc) is 1.39. The lowest BCUT2D eigenvalue weighted by Crippen LogP contribution is -2.61. The largest absolute Gasteiger partial charge is 0.481 e. The Bertz CT molecular complexity index is 4070. The van der Waals surface area contributed by atoms with Crippen molar-refractivity contribution in [3.05, 3.63) is 87.9 Å². The number of Topliss-reactive ketones (excluding diaryl/α,β-unsaturated/α-hetero) is 1. The SMILES string of the molecule is C.CCO[C@H](C[C@H](C(C)C)N(C)C(=O)[C@@H](CC(=O)[C@H]1CCCC[N+]1(C)Cc1ccc(O[C@@H]2O[C@H](C(=O)O)[C@@H](O)[C@H](O)[C@H]2O)c(NC(=O)CCNC(=O)[C@H](CCCCNC(=O)CCOCCOCCOCCOCCOCCOCCOCCOCCOCCOCCOCCOC)NC(=O)[C@H](CN)N2C(=O)C=CC2=O)c1)[C@@H](C)CC)c1nc(C(=O)N[C@@H](Cc2ccccc2)C[C@H](C)C(=O)O)cs1. The molecule has 8 amide bonds. The van der Waals surface area contributed by atoms with Crippen molar-refractivity contribution in [2.24, 2.45) is 29.4 Å². The van der Waals surface area contributed by atoms with E-state index in [0.29, 0.717) is 193 Å². The van der Waals surface area contributed by atoms with E-state index in [4.69, 9.17) is 81.8 Å². The Kier molecular flexibility index (Phi) is 58.1. The number of imide groups is 1. The van der Waals surface area contributed by atoms with Crippen LogP contribution in [0.3, 0.4) is 0 Å². The van der Waals surface area contributed by atoms with Crippen LogP contribution in [-0.4, -0.2) is 377 Å². The van der Waals surface area contributed by atoms with Crippen molar-refractivity contribution >= 4 is 82.0 Å². The molecule has 42 heteroatoms. The highest BCUT2D eigenvalue weighted by atomic mass is 32.1. The topological polar surface area (TPSA) is 533 Å². The Labute approximate surface area is 808 Å². The van der Waals surface area contributed by atoms with E-state index in [1.54, 1.807) is 43.5 Å². The number of nitrogens with zero attached hydrogens (tertiary/aromatic N) is 4. The summed E-state index contributed by atoms with van der Waals surface area (Å²) in [5.41, 5.74) is 7.52. The van der Waals surface area contributed by atoms with Gasteiger partial charge < -0.3 is 138 Å². The maximum atomic E-state index is 15.3. The zero-order chi connectivity index (χ0) is 99.2. The summed E-state index contributed by atoms with van der Waals surface area (Å²) in [5.74, 6) is -9.82. The van der Waals surface area contributed by atoms with Crippen molar-refractivity contribution in [1.29, 1.82) is 0 Å². The Morgan fingerprint density at radius 1 is 0.650 bits per heavy atom. The number of unbranched alkanes of at least 4 members (excludes halogenated alkanes) is 1. The molecule has 0 bridgehead atoms. The van der Waals surface area contributed by atoms with Gasteiger partial charge >= 0.3 is 11.9 Å². The molecule has 12 N–H and O–H groups in total. The molecule has 0 spiro atoms. The van der Waals surface area contributed by atoms with Gasteiger partial charge in [-0.15, -0.1) is 11.3 Å². The van der Waals surface area contributed by atoms with Crippen LogP contribution in [0.1, 0.15) is 159 Å². The maximum absolute atomic E-state index is 15.3. The number of ketones is 1. The number of aliphatic hydroxyl groups excluding tert-OH is 3. The van der Waals surface area contributed by atoms with E-state index in [9.17, 15) is 68.7 Å². The van der Waals surface area contributed by atoms with Gasteiger partial charge in [-0.3, -0.25) is 52.8 Å². The minimum atomic E-state index is -2.06. The molecule has 2 aromatic carbocycles. The first-order valence-corrected chi connectivity index (χ1v) is 48.1. The van der Waals surface area contributed by atoms with Gasteiger partial charge in [0.1, 0.15) is 65.5 Å². The molecule has 0 saturated carbocycles. The number of nitrogens with two attached hydrogens (primary N) is 1. The number of amides is 8. The number of carboxylic acids is 2. The molecular formula is C95H153N10O31S+. The molecule has 1 aromatic heterocycles. The molecule has 41 nitrogen and oxygen atoms in total. The quantitative estimate of drug-likeness (QED) is 0.0216. The average molecular weight is 1960 g/mol. The summed E-state index contributed by atoms with van der Waals surface area (Å²) in [6, 6.07) is 9.69. The van der Waals surface area contributed by atoms with Crippen molar-refractivity contribution in [2.75, 3.05) is 211 Å². The van der Waals surface area contributed by atoms with Gasteiger partial charge in [0, 0.05) is 114 Å².